The number of amides is 1. The molecule has 0 aliphatic carbocycles. The Labute approximate surface area is 118 Å². The maximum Gasteiger partial charge on any atom is 0.207 e. The number of nitrogens with one attached hydrogen (secondary N) is 1. The number of carbonyl (C=O) groups is 1. The largest absolute Gasteiger partial charge is 0.351 e. The van der Waals surface area contributed by atoms with E-state index in [0.717, 1.165) is 12.0 Å². The Hall–Kier alpha value is -1.80. The Morgan fingerprint density at radius 3 is 2.37 bits per heavy atom. The highest BCUT2D eigenvalue weighted by molar-refractivity contribution is 6.30. The van der Waals surface area contributed by atoms with Gasteiger partial charge in [0.25, 0.3) is 0 Å². The van der Waals surface area contributed by atoms with Crippen LogP contribution in [0, 0.1) is 0 Å². The minimum Gasteiger partial charge on any atom is -0.351 e. The van der Waals surface area contributed by atoms with E-state index in [1.54, 1.807) is 0 Å². The molecule has 98 valence electrons. The lowest BCUT2D eigenvalue weighted by molar-refractivity contribution is -0.110. The van der Waals surface area contributed by atoms with E-state index in [2.05, 4.69) is 24.4 Å². The van der Waals surface area contributed by atoms with E-state index in [1.165, 1.54) is 5.56 Å². The second-order valence-electron chi connectivity index (χ2n) is 4.52. The highest BCUT2D eigenvalue weighted by Crippen LogP contribution is 2.31. The molecule has 0 aromatic heterocycles. The fourth-order valence-electron chi connectivity index (χ4n) is 2.25. The first-order valence-corrected chi connectivity index (χ1v) is 6.60. The summed E-state index contributed by atoms with van der Waals surface area (Å²) in [5.74, 6) is 0.171. The summed E-state index contributed by atoms with van der Waals surface area (Å²) in [7, 11) is 0. The summed E-state index contributed by atoms with van der Waals surface area (Å²) in [6, 6.07) is 17.6. The Morgan fingerprint density at radius 1 is 1.05 bits per heavy atom. The first-order valence-electron chi connectivity index (χ1n) is 6.22. The van der Waals surface area contributed by atoms with Crippen LogP contribution in [0.4, 0.5) is 0 Å². The van der Waals surface area contributed by atoms with Gasteiger partial charge in [-0.1, -0.05) is 61.0 Å². The lowest BCUT2D eigenvalue weighted by atomic mass is 9.89. The van der Waals surface area contributed by atoms with E-state index < -0.39 is 0 Å². The number of rotatable bonds is 5. The van der Waals surface area contributed by atoms with Gasteiger partial charge >= 0.3 is 0 Å². The molecule has 0 spiro atoms. The zero-order valence-electron chi connectivity index (χ0n) is 10.7. The number of hydrogen-bond donors (Lipinski definition) is 1. The molecule has 1 N–H and O–H groups in total. The first-order chi connectivity index (χ1) is 9.22. The van der Waals surface area contributed by atoms with Crippen LogP contribution in [0.3, 0.4) is 0 Å². The fourth-order valence-corrected chi connectivity index (χ4v) is 2.45. The molecule has 2 nitrogen and oxygen atoms in total. The maximum atomic E-state index is 10.9. The molecular weight excluding hydrogens is 258 g/mol. The van der Waals surface area contributed by atoms with Crippen molar-refractivity contribution in [1.82, 2.24) is 5.32 Å². The lowest BCUT2D eigenvalue weighted by Crippen LogP contribution is -2.24. The van der Waals surface area contributed by atoms with Gasteiger partial charge in [-0.25, -0.2) is 0 Å². The smallest absolute Gasteiger partial charge is 0.207 e. The third-order valence-electron chi connectivity index (χ3n) is 3.28. The van der Waals surface area contributed by atoms with Gasteiger partial charge in [0.2, 0.25) is 6.41 Å². The highest BCUT2D eigenvalue weighted by Gasteiger charge is 2.20. The number of halogens is 1. The molecule has 0 fully saturated rings. The van der Waals surface area contributed by atoms with Crippen LogP contribution in [-0.4, -0.2) is 6.41 Å². The molecule has 0 aliphatic heterocycles. The van der Waals surface area contributed by atoms with Crippen molar-refractivity contribution in [2.45, 2.75) is 18.9 Å². The van der Waals surface area contributed by atoms with Crippen molar-refractivity contribution < 1.29 is 4.79 Å². The zero-order valence-corrected chi connectivity index (χ0v) is 11.5. The van der Waals surface area contributed by atoms with Gasteiger partial charge in [-0.2, -0.15) is 0 Å². The second kappa shape index (κ2) is 6.39. The predicted molar refractivity (Wildman–Crippen MR) is 78.2 cm³/mol. The van der Waals surface area contributed by atoms with E-state index >= 15 is 0 Å². The molecule has 2 unspecified atom stereocenters. The van der Waals surface area contributed by atoms with E-state index in [9.17, 15) is 4.79 Å². The van der Waals surface area contributed by atoms with Gasteiger partial charge < -0.3 is 5.32 Å². The molecule has 1 amide bonds. The van der Waals surface area contributed by atoms with E-state index in [4.69, 9.17) is 11.6 Å². The first kappa shape index (κ1) is 13.6. The Balaban J connectivity index is 2.32. The quantitative estimate of drug-likeness (QED) is 0.822. The number of hydrogen-bond acceptors (Lipinski definition) is 1. The molecule has 2 atom stereocenters. The van der Waals surface area contributed by atoms with E-state index in [0.29, 0.717) is 5.02 Å². The minimum absolute atomic E-state index is 0.0846. The van der Waals surface area contributed by atoms with Crippen molar-refractivity contribution in [3.63, 3.8) is 0 Å². The Bertz CT molecular complexity index is 541. The molecule has 2 rings (SSSR count). The zero-order chi connectivity index (χ0) is 13.7. The molecule has 0 saturated carbocycles. The van der Waals surface area contributed by atoms with Crippen LogP contribution in [0.2, 0.25) is 5.02 Å². The molecule has 0 saturated heterocycles. The highest BCUT2D eigenvalue weighted by atomic mass is 35.5. The maximum absolute atomic E-state index is 10.9. The summed E-state index contributed by atoms with van der Waals surface area (Å²) in [4.78, 5) is 10.9. The van der Waals surface area contributed by atoms with Crippen LogP contribution < -0.4 is 5.32 Å². The van der Waals surface area contributed by atoms with Gasteiger partial charge in [-0.3, -0.25) is 4.79 Å². The van der Waals surface area contributed by atoms with Gasteiger partial charge in [0.15, 0.2) is 0 Å². The third-order valence-corrected chi connectivity index (χ3v) is 3.52. The average molecular weight is 274 g/mol. The van der Waals surface area contributed by atoms with Crippen LogP contribution in [0.15, 0.2) is 54.6 Å². The van der Waals surface area contributed by atoms with Crippen molar-refractivity contribution in [2.24, 2.45) is 0 Å². The summed E-state index contributed by atoms with van der Waals surface area (Å²) in [5, 5.41) is 3.56. The monoisotopic (exact) mass is 273 g/mol. The Morgan fingerprint density at radius 2 is 1.74 bits per heavy atom. The van der Waals surface area contributed by atoms with E-state index in [-0.39, 0.29) is 12.0 Å². The second-order valence-corrected chi connectivity index (χ2v) is 4.95. The van der Waals surface area contributed by atoms with Crippen LogP contribution in [0.25, 0.3) is 0 Å². The van der Waals surface area contributed by atoms with Crippen molar-refractivity contribution in [2.75, 3.05) is 0 Å². The van der Waals surface area contributed by atoms with Gasteiger partial charge in [-0.05, 0) is 23.3 Å². The summed E-state index contributed by atoms with van der Waals surface area (Å²) in [6.45, 7) is 2.09. The Kier molecular flexibility index (Phi) is 4.58. The standard InChI is InChI=1S/C16H16ClNO/c1-12(13-6-3-2-4-7-13)16(18-11-19)14-8-5-9-15(17)10-14/h2-12,16H,1H3,(H,18,19). The summed E-state index contributed by atoms with van der Waals surface area (Å²) < 4.78 is 0. The molecule has 0 heterocycles. The van der Waals surface area contributed by atoms with Crippen LogP contribution >= 0.6 is 11.6 Å². The number of carbonyl (C=O) groups excluding carboxylic acids is 1. The molecule has 19 heavy (non-hydrogen) atoms. The molecule has 2 aromatic carbocycles. The minimum atomic E-state index is -0.0846. The molecule has 0 radical (unpaired) electrons. The van der Waals surface area contributed by atoms with E-state index in [1.807, 2.05) is 42.5 Å². The fraction of sp³-hybridized carbons (Fsp3) is 0.188. The lowest BCUT2D eigenvalue weighted by Gasteiger charge is -2.24. The molecular formula is C16H16ClNO. The molecule has 2 aromatic rings. The third kappa shape index (κ3) is 3.36. The summed E-state index contributed by atoms with van der Waals surface area (Å²) in [6.07, 6.45) is 0.741. The van der Waals surface area contributed by atoms with Gasteiger partial charge in [0.05, 0.1) is 6.04 Å². The predicted octanol–water partition coefficient (Wildman–Crippen LogP) is 3.93. The van der Waals surface area contributed by atoms with Gasteiger partial charge in [0.1, 0.15) is 0 Å². The van der Waals surface area contributed by atoms with Crippen molar-refractivity contribution >= 4 is 18.0 Å². The van der Waals surface area contributed by atoms with Gasteiger partial charge in [-0.15, -0.1) is 0 Å². The molecule has 0 bridgehead atoms. The summed E-state index contributed by atoms with van der Waals surface area (Å²) >= 11 is 6.02. The molecule has 0 aliphatic rings. The van der Waals surface area contributed by atoms with Crippen LogP contribution in [0.1, 0.15) is 30.0 Å². The van der Waals surface area contributed by atoms with Crippen molar-refractivity contribution in [3.05, 3.63) is 70.7 Å². The average Bonchev–Trinajstić information content (AvgIpc) is 2.45. The number of benzene rings is 2. The normalized spacial score (nSPS) is 13.6. The molecule has 3 heteroatoms. The SMILES string of the molecule is CC(c1ccccc1)C(NC=O)c1cccc(Cl)c1. The van der Waals surface area contributed by atoms with Crippen molar-refractivity contribution in [1.29, 1.82) is 0 Å². The topological polar surface area (TPSA) is 29.1 Å². The van der Waals surface area contributed by atoms with Crippen LogP contribution in [-0.2, 0) is 4.79 Å². The summed E-state index contributed by atoms with van der Waals surface area (Å²) in [5.41, 5.74) is 2.19. The van der Waals surface area contributed by atoms with Gasteiger partial charge in [0, 0.05) is 10.9 Å². The van der Waals surface area contributed by atoms with Crippen LogP contribution in [0.5, 0.6) is 0 Å². The van der Waals surface area contributed by atoms with Crippen molar-refractivity contribution in [3.8, 4) is 0 Å².